The van der Waals surface area contributed by atoms with Crippen molar-refractivity contribution in [2.24, 2.45) is 5.92 Å². The van der Waals surface area contributed by atoms with Gasteiger partial charge in [-0.3, -0.25) is 4.79 Å². The summed E-state index contributed by atoms with van der Waals surface area (Å²) < 4.78 is 19.3. The summed E-state index contributed by atoms with van der Waals surface area (Å²) in [7, 11) is 1.74. The Morgan fingerprint density at radius 1 is 1.18 bits per heavy atom. The highest BCUT2D eigenvalue weighted by atomic mass is 16.5. The van der Waals surface area contributed by atoms with E-state index in [0.29, 0.717) is 55.2 Å². The number of ether oxygens (including phenoxy) is 2. The molecule has 0 amide bonds. The third-order valence-corrected chi connectivity index (χ3v) is 6.84. The van der Waals surface area contributed by atoms with Crippen molar-refractivity contribution in [2.75, 3.05) is 31.8 Å². The van der Waals surface area contributed by atoms with Gasteiger partial charge in [-0.2, -0.15) is 0 Å². The Balaban J connectivity index is 1.31. The van der Waals surface area contributed by atoms with Crippen LogP contribution in [0.5, 0.6) is 5.88 Å². The molecule has 1 aliphatic heterocycles. The van der Waals surface area contributed by atoms with Crippen LogP contribution in [-0.2, 0) is 9.53 Å². The van der Waals surface area contributed by atoms with Crippen LogP contribution in [-0.4, -0.2) is 58.3 Å². The van der Waals surface area contributed by atoms with E-state index in [1.54, 1.807) is 24.0 Å². The number of methoxy groups -OCH3 is 1. The molecular formula is C25H27N5O4. The number of ketones is 1. The molecule has 9 heteroatoms. The largest absolute Gasteiger partial charge is 0.476 e. The molecule has 0 spiro atoms. The van der Waals surface area contributed by atoms with Gasteiger partial charge in [-0.25, -0.2) is 14.5 Å². The van der Waals surface area contributed by atoms with Crippen molar-refractivity contribution in [1.82, 2.24) is 19.6 Å². The number of nitrogens with zero attached hydrogens (tertiary/aromatic N) is 5. The molecule has 2 atom stereocenters. The van der Waals surface area contributed by atoms with E-state index in [4.69, 9.17) is 13.9 Å². The third-order valence-electron chi connectivity index (χ3n) is 6.84. The molecule has 0 N–H and O–H groups in total. The molecule has 5 heterocycles. The molecule has 1 saturated carbocycles. The van der Waals surface area contributed by atoms with Crippen LogP contribution in [0.15, 0.2) is 41.1 Å². The van der Waals surface area contributed by atoms with Crippen molar-refractivity contribution in [3.63, 3.8) is 0 Å². The standard InChI is InChI=1S/C25H27N5O4/c1-32-15-17-3-2-10-29(17)25-19-12-22(34-21(19)8-9-26-25)20-13-27-23-6-7-24(28-30(20)23)33-14-16-4-5-18(31)11-16/h6-9,12-13,16-17H,2-5,10-11,14-15H2,1H3/t16-,17-/m0/s1. The van der Waals surface area contributed by atoms with Gasteiger partial charge in [0.2, 0.25) is 5.88 Å². The first-order chi connectivity index (χ1) is 16.7. The first-order valence-corrected chi connectivity index (χ1v) is 11.8. The van der Waals surface area contributed by atoms with Crippen molar-refractivity contribution in [2.45, 2.75) is 38.1 Å². The van der Waals surface area contributed by atoms with Crippen molar-refractivity contribution in [1.29, 1.82) is 0 Å². The van der Waals surface area contributed by atoms with Gasteiger partial charge in [0.1, 0.15) is 22.9 Å². The lowest BCUT2D eigenvalue weighted by Gasteiger charge is -2.25. The zero-order valence-electron chi connectivity index (χ0n) is 19.1. The van der Waals surface area contributed by atoms with Crippen LogP contribution in [0, 0.1) is 5.92 Å². The Hall–Kier alpha value is -3.46. The molecular weight excluding hydrogens is 434 g/mol. The molecule has 1 saturated heterocycles. The van der Waals surface area contributed by atoms with E-state index in [2.05, 4.69) is 20.0 Å². The second-order valence-electron chi connectivity index (χ2n) is 9.15. The molecule has 4 aromatic rings. The summed E-state index contributed by atoms with van der Waals surface area (Å²) in [5.41, 5.74) is 2.22. The number of carbonyl (C=O) groups excluding carboxylic acids is 1. The number of hydrogen-bond acceptors (Lipinski definition) is 8. The minimum absolute atomic E-state index is 0.265. The maximum atomic E-state index is 11.5. The van der Waals surface area contributed by atoms with Crippen LogP contribution >= 0.6 is 0 Å². The molecule has 1 aliphatic carbocycles. The van der Waals surface area contributed by atoms with E-state index in [1.807, 2.05) is 24.3 Å². The van der Waals surface area contributed by atoms with E-state index >= 15 is 0 Å². The number of hydrogen-bond donors (Lipinski definition) is 0. The molecule has 6 rings (SSSR count). The fourth-order valence-corrected chi connectivity index (χ4v) is 5.12. The summed E-state index contributed by atoms with van der Waals surface area (Å²) in [6.45, 7) is 2.12. The maximum absolute atomic E-state index is 11.5. The minimum Gasteiger partial charge on any atom is -0.476 e. The van der Waals surface area contributed by atoms with Crippen LogP contribution in [0.1, 0.15) is 32.1 Å². The first kappa shape index (κ1) is 21.1. The highest BCUT2D eigenvalue weighted by Gasteiger charge is 2.28. The zero-order valence-corrected chi connectivity index (χ0v) is 19.1. The fraction of sp³-hybridized carbons (Fsp3) is 0.440. The maximum Gasteiger partial charge on any atom is 0.231 e. The zero-order chi connectivity index (χ0) is 23.1. The van der Waals surface area contributed by atoms with Gasteiger partial charge < -0.3 is 18.8 Å². The van der Waals surface area contributed by atoms with Gasteiger partial charge in [0, 0.05) is 44.7 Å². The number of aromatic nitrogens is 4. The van der Waals surface area contributed by atoms with E-state index < -0.39 is 0 Å². The molecule has 4 aromatic heterocycles. The molecule has 2 aliphatic rings. The summed E-state index contributed by atoms with van der Waals surface area (Å²) in [4.78, 5) is 23.0. The van der Waals surface area contributed by atoms with Crippen LogP contribution in [0.3, 0.4) is 0 Å². The summed E-state index contributed by atoms with van der Waals surface area (Å²) in [6.07, 6.45) is 7.89. The van der Waals surface area contributed by atoms with Gasteiger partial charge in [-0.05, 0) is 37.5 Å². The second kappa shape index (κ2) is 8.72. The first-order valence-electron chi connectivity index (χ1n) is 11.8. The van der Waals surface area contributed by atoms with Crippen molar-refractivity contribution < 1.29 is 18.7 Å². The average Bonchev–Trinajstić information content (AvgIpc) is 3.63. The minimum atomic E-state index is 0.265. The molecule has 9 nitrogen and oxygen atoms in total. The smallest absolute Gasteiger partial charge is 0.231 e. The summed E-state index contributed by atoms with van der Waals surface area (Å²) in [6, 6.07) is 7.91. The predicted octanol–water partition coefficient (Wildman–Crippen LogP) is 3.90. The number of furan rings is 1. The average molecular weight is 462 g/mol. The topological polar surface area (TPSA) is 95.0 Å². The van der Waals surface area contributed by atoms with Crippen molar-refractivity contribution >= 4 is 28.2 Å². The lowest BCUT2D eigenvalue weighted by atomic mass is 10.1. The third kappa shape index (κ3) is 3.79. The van der Waals surface area contributed by atoms with Gasteiger partial charge in [0.05, 0.1) is 30.8 Å². The molecule has 0 radical (unpaired) electrons. The number of carbonyl (C=O) groups is 1. The molecule has 34 heavy (non-hydrogen) atoms. The number of pyridine rings is 1. The Morgan fingerprint density at radius 3 is 2.97 bits per heavy atom. The molecule has 176 valence electrons. The SMILES string of the molecule is COC[C@@H]1CCCN1c1nccc2oc(-c3cnc4ccc(OC[C@H]5CCC(=O)C5)nn34)cc12. The van der Waals surface area contributed by atoms with Gasteiger partial charge in [-0.1, -0.05) is 0 Å². The monoisotopic (exact) mass is 461 g/mol. The Morgan fingerprint density at radius 2 is 2.12 bits per heavy atom. The molecule has 2 fully saturated rings. The van der Waals surface area contributed by atoms with Gasteiger partial charge in [0.15, 0.2) is 11.4 Å². The highest BCUT2D eigenvalue weighted by molar-refractivity contribution is 5.92. The quantitative estimate of drug-likeness (QED) is 0.409. The lowest BCUT2D eigenvalue weighted by Crippen LogP contribution is -2.33. The van der Waals surface area contributed by atoms with Crippen molar-refractivity contribution in [3.8, 4) is 17.3 Å². The van der Waals surface area contributed by atoms with Crippen LogP contribution in [0.2, 0.25) is 0 Å². The number of rotatable bonds is 7. The molecule has 0 aromatic carbocycles. The normalized spacial score (nSPS) is 20.7. The Bertz CT molecular complexity index is 1350. The van der Waals surface area contributed by atoms with Crippen LogP contribution in [0.4, 0.5) is 5.82 Å². The van der Waals surface area contributed by atoms with E-state index in [1.165, 1.54) is 0 Å². The highest BCUT2D eigenvalue weighted by Crippen LogP contribution is 2.35. The lowest BCUT2D eigenvalue weighted by molar-refractivity contribution is -0.117. The van der Waals surface area contributed by atoms with Crippen LogP contribution in [0.25, 0.3) is 28.1 Å². The predicted molar refractivity (Wildman–Crippen MR) is 126 cm³/mol. The number of Topliss-reactive ketones (excluding diaryl/α,β-unsaturated/α-hetero) is 1. The second-order valence-corrected chi connectivity index (χ2v) is 9.15. The summed E-state index contributed by atoms with van der Waals surface area (Å²) >= 11 is 0. The Labute approximate surface area is 196 Å². The summed E-state index contributed by atoms with van der Waals surface area (Å²) in [5, 5.41) is 5.61. The van der Waals surface area contributed by atoms with E-state index in [0.717, 1.165) is 48.3 Å². The number of fused-ring (bicyclic) bond motifs is 2. The Kier molecular flexibility index (Phi) is 5.41. The van der Waals surface area contributed by atoms with E-state index in [9.17, 15) is 4.79 Å². The molecule has 0 bridgehead atoms. The number of imidazole rings is 1. The summed E-state index contributed by atoms with van der Waals surface area (Å²) in [5.74, 6) is 2.68. The van der Waals surface area contributed by atoms with E-state index in [-0.39, 0.29) is 5.92 Å². The number of anilines is 1. The van der Waals surface area contributed by atoms with Gasteiger partial charge >= 0.3 is 0 Å². The fourth-order valence-electron chi connectivity index (χ4n) is 5.12. The van der Waals surface area contributed by atoms with Crippen molar-refractivity contribution in [3.05, 3.63) is 36.7 Å². The van der Waals surface area contributed by atoms with Gasteiger partial charge in [0.25, 0.3) is 0 Å². The molecule has 0 unspecified atom stereocenters. The van der Waals surface area contributed by atoms with Crippen LogP contribution < -0.4 is 9.64 Å². The van der Waals surface area contributed by atoms with Gasteiger partial charge in [-0.15, -0.1) is 5.10 Å².